The van der Waals surface area contributed by atoms with Crippen molar-refractivity contribution in [2.45, 2.75) is 56.8 Å². The molecule has 1 aromatic heterocycles. The number of hydrogen-bond acceptors (Lipinski definition) is 6. The number of hydrogen-bond donors (Lipinski definition) is 2. The maximum atomic E-state index is 13.0. The Bertz CT molecular complexity index is 960. The molecule has 32 heavy (non-hydrogen) atoms. The minimum atomic E-state index is -0.791. The molecular formula is C23H27FN2O4S2. The summed E-state index contributed by atoms with van der Waals surface area (Å²) in [6.07, 6.45) is 4.87. The van der Waals surface area contributed by atoms with Crippen molar-refractivity contribution in [1.82, 2.24) is 5.32 Å². The fraction of sp³-hybridized carbons (Fsp3) is 0.435. The van der Waals surface area contributed by atoms with Gasteiger partial charge in [-0.15, -0.1) is 23.1 Å². The van der Waals surface area contributed by atoms with Crippen molar-refractivity contribution in [2.24, 2.45) is 0 Å². The Kier molecular flexibility index (Phi) is 9.11. The van der Waals surface area contributed by atoms with Crippen LogP contribution in [0.3, 0.4) is 0 Å². The molecule has 6 nitrogen and oxygen atoms in total. The van der Waals surface area contributed by atoms with Crippen LogP contribution in [0.2, 0.25) is 0 Å². The van der Waals surface area contributed by atoms with Gasteiger partial charge in [-0.05, 0) is 74.6 Å². The number of aryl methyl sites for hydroxylation is 1. The number of ether oxygens (including phenoxy) is 1. The first-order valence-electron chi connectivity index (χ1n) is 10.8. The van der Waals surface area contributed by atoms with Crippen molar-refractivity contribution in [3.8, 4) is 0 Å². The van der Waals surface area contributed by atoms with Gasteiger partial charge >= 0.3 is 6.09 Å². The van der Waals surface area contributed by atoms with Gasteiger partial charge in [-0.25, -0.2) is 9.18 Å². The van der Waals surface area contributed by atoms with Crippen LogP contribution < -0.4 is 10.6 Å². The smallest absolute Gasteiger partial charge is 0.414 e. The normalized spacial score (nSPS) is 13.1. The fourth-order valence-electron chi connectivity index (χ4n) is 3.54. The zero-order valence-electron chi connectivity index (χ0n) is 18.0. The van der Waals surface area contributed by atoms with Crippen molar-refractivity contribution >= 4 is 46.0 Å². The summed E-state index contributed by atoms with van der Waals surface area (Å²) in [5, 5.41) is 5.65. The molecule has 1 aliphatic carbocycles. The number of carbonyl (C=O) groups excluding carboxylic acids is 3. The monoisotopic (exact) mass is 478 g/mol. The average Bonchev–Trinajstić information content (AvgIpc) is 2.93. The van der Waals surface area contributed by atoms with Crippen molar-refractivity contribution in [2.75, 3.05) is 17.7 Å². The number of anilines is 1. The van der Waals surface area contributed by atoms with Gasteiger partial charge in [0, 0.05) is 16.2 Å². The molecule has 3 amide bonds. The summed E-state index contributed by atoms with van der Waals surface area (Å²) in [4.78, 5) is 39.2. The fourth-order valence-corrected chi connectivity index (χ4v) is 5.69. The largest absolute Gasteiger partial charge is 0.450 e. The lowest BCUT2D eigenvalue weighted by Gasteiger charge is -2.09. The van der Waals surface area contributed by atoms with E-state index in [0.717, 1.165) is 53.2 Å². The summed E-state index contributed by atoms with van der Waals surface area (Å²) in [5.41, 5.74) is 1.31. The first-order valence-corrected chi connectivity index (χ1v) is 12.6. The molecule has 0 spiro atoms. The first-order chi connectivity index (χ1) is 15.5. The SMILES string of the molecule is CCOC(=O)NC(=O)c1c(NC(=O)CCCSc2ccc(F)cc2)sc2c1CCCCC2. The molecule has 1 heterocycles. The Hall–Kier alpha value is -2.39. The highest BCUT2D eigenvalue weighted by Crippen LogP contribution is 2.37. The topological polar surface area (TPSA) is 84.5 Å². The molecule has 0 saturated heterocycles. The molecule has 172 valence electrons. The van der Waals surface area contributed by atoms with Gasteiger partial charge in [0.2, 0.25) is 5.91 Å². The second kappa shape index (κ2) is 12.0. The van der Waals surface area contributed by atoms with Crippen LogP contribution >= 0.6 is 23.1 Å². The molecule has 0 radical (unpaired) electrons. The van der Waals surface area contributed by atoms with Crippen LogP contribution in [-0.2, 0) is 22.4 Å². The van der Waals surface area contributed by atoms with Crippen molar-refractivity contribution in [3.63, 3.8) is 0 Å². The number of carbonyl (C=O) groups is 3. The zero-order chi connectivity index (χ0) is 22.9. The third kappa shape index (κ3) is 6.80. The van der Waals surface area contributed by atoms with E-state index in [1.807, 2.05) is 0 Å². The summed E-state index contributed by atoms with van der Waals surface area (Å²) in [7, 11) is 0. The Morgan fingerprint density at radius 1 is 1.12 bits per heavy atom. The van der Waals surface area contributed by atoms with Crippen LogP contribution in [-0.4, -0.2) is 30.3 Å². The number of thiophene rings is 1. The van der Waals surface area contributed by atoms with Gasteiger partial charge in [-0.1, -0.05) is 6.42 Å². The highest BCUT2D eigenvalue weighted by molar-refractivity contribution is 7.99. The summed E-state index contributed by atoms with van der Waals surface area (Å²) < 4.78 is 17.8. The van der Waals surface area contributed by atoms with Gasteiger partial charge in [0.05, 0.1) is 12.2 Å². The molecule has 0 atom stereocenters. The maximum absolute atomic E-state index is 13.0. The molecule has 9 heteroatoms. The summed E-state index contributed by atoms with van der Waals surface area (Å²) >= 11 is 2.99. The second-order valence-corrected chi connectivity index (χ2v) is 9.67. The summed E-state index contributed by atoms with van der Waals surface area (Å²) in [6.45, 7) is 1.83. The molecule has 0 bridgehead atoms. The predicted octanol–water partition coefficient (Wildman–Crippen LogP) is 5.55. The molecule has 3 rings (SSSR count). The summed E-state index contributed by atoms with van der Waals surface area (Å²) in [5.74, 6) is -0.266. The molecule has 0 aliphatic heterocycles. The third-order valence-electron chi connectivity index (χ3n) is 5.02. The third-order valence-corrected chi connectivity index (χ3v) is 7.33. The van der Waals surface area contributed by atoms with Crippen LogP contribution in [0.25, 0.3) is 0 Å². The Balaban J connectivity index is 1.62. The van der Waals surface area contributed by atoms with E-state index >= 15 is 0 Å². The van der Waals surface area contributed by atoms with E-state index in [0.29, 0.717) is 23.4 Å². The van der Waals surface area contributed by atoms with Gasteiger partial charge in [0.15, 0.2) is 0 Å². The lowest BCUT2D eigenvalue weighted by Crippen LogP contribution is -2.32. The van der Waals surface area contributed by atoms with E-state index in [1.165, 1.54) is 23.5 Å². The Labute approximate surface area is 195 Å². The van der Waals surface area contributed by atoms with E-state index < -0.39 is 12.0 Å². The maximum Gasteiger partial charge on any atom is 0.414 e. The number of imide groups is 1. The van der Waals surface area contributed by atoms with Crippen molar-refractivity contribution in [3.05, 3.63) is 46.1 Å². The molecule has 2 N–H and O–H groups in total. The number of nitrogens with one attached hydrogen (secondary N) is 2. The standard InChI is InChI=1S/C23H27FN2O4S2/c1-2-30-23(29)26-21(28)20-17-7-4-3-5-8-18(17)32-22(20)25-19(27)9-6-14-31-16-12-10-15(24)11-13-16/h10-13H,2-9,14H2,1H3,(H,25,27)(H,26,28,29). The van der Waals surface area contributed by atoms with Crippen LogP contribution in [0, 0.1) is 5.82 Å². The van der Waals surface area contributed by atoms with Crippen LogP contribution in [0.4, 0.5) is 14.2 Å². The lowest BCUT2D eigenvalue weighted by atomic mass is 10.0. The Morgan fingerprint density at radius 2 is 1.88 bits per heavy atom. The first kappa shape index (κ1) is 24.3. The number of rotatable bonds is 8. The number of amides is 3. The molecule has 1 aromatic carbocycles. The number of fused-ring (bicyclic) bond motifs is 1. The van der Waals surface area contributed by atoms with Gasteiger partial charge in [-0.2, -0.15) is 0 Å². The minimum absolute atomic E-state index is 0.167. The predicted molar refractivity (Wildman–Crippen MR) is 125 cm³/mol. The second-order valence-electron chi connectivity index (χ2n) is 7.40. The van der Waals surface area contributed by atoms with Crippen LogP contribution in [0.5, 0.6) is 0 Å². The number of alkyl carbamates (subject to hydrolysis) is 1. The minimum Gasteiger partial charge on any atom is -0.450 e. The van der Waals surface area contributed by atoms with Gasteiger partial charge < -0.3 is 10.1 Å². The van der Waals surface area contributed by atoms with E-state index in [-0.39, 0.29) is 18.3 Å². The molecule has 2 aromatic rings. The highest BCUT2D eigenvalue weighted by atomic mass is 32.2. The molecule has 0 fully saturated rings. The summed E-state index contributed by atoms with van der Waals surface area (Å²) in [6, 6.07) is 6.26. The molecule has 0 saturated carbocycles. The van der Waals surface area contributed by atoms with Crippen molar-refractivity contribution < 1.29 is 23.5 Å². The van der Waals surface area contributed by atoms with Crippen LogP contribution in [0.15, 0.2) is 29.2 Å². The lowest BCUT2D eigenvalue weighted by molar-refractivity contribution is -0.116. The molecular weight excluding hydrogens is 451 g/mol. The zero-order valence-corrected chi connectivity index (χ0v) is 19.6. The molecule has 0 unspecified atom stereocenters. The van der Waals surface area contributed by atoms with E-state index in [4.69, 9.17) is 4.74 Å². The number of benzene rings is 1. The number of thioether (sulfide) groups is 1. The van der Waals surface area contributed by atoms with Crippen molar-refractivity contribution in [1.29, 1.82) is 0 Å². The highest BCUT2D eigenvalue weighted by Gasteiger charge is 2.26. The quantitative estimate of drug-likeness (QED) is 0.295. The van der Waals surface area contributed by atoms with Crippen LogP contribution in [0.1, 0.15) is 59.8 Å². The van der Waals surface area contributed by atoms with Gasteiger partial charge in [0.1, 0.15) is 10.8 Å². The van der Waals surface area contributed by atoms with E-state index in [2.05, 4.69) is 10.6 Å². The number of halogens is 1. The Morgan fingerprint density at radius 3 is 2.62 bits per heavy atom. The van der Waals surface area contributed by atoms with E-state index in [1.54, 1.807) is 30.8 Å². The average molecular weight is 479 g/mol. The van der Waals surface area contributed by atoms with Gasteiger partial charge in [-0.3, -0.25) is 14.9 Å². The molecule has 1 aliphatic rings. The van der Waals surface area contributed by atoms with E-state index in [9.17, 15) is 18.8 Å². The van der Waals surface area contributed by atoms with Gasteiger partial charge in [0.25, 0.3) is 5.91 Å².